The first-order valence-electron chi connectivity index (χ1n) is 6.97. The summed E-state index contributed by atoms with van der Waals surface area (Å²) in [5, 5.41) is 9.97. The maximum Gasteiger partial charge on any atom is 0.129 e. The van der Waals surface area contributed by atoms with E-state index in [0.29, 0.717) is 10.6 Å². The highest BCUT2D eigenvalue weighted by Crippen LogP contribution is 2.62. The number of nitrogens with zero attached hydrogens (tertiary/aromatic N) is 1. The smallest absolute Gasteiger partial charge is 0.129 e. The lowest BCUT2D eigenvalue weighted by Crippen LogP contribution is -2.50. The molecular weight excluding hydrogens is 261 g/mol. The van der Waals surface area contributed by atoms with Crippen molar-refractivity contribution >= 4 is 11.6 Å². The van der Waals surface area contributed by atoms with E-state index >= 15 is 0 Å². The van der Waals surface area contributed by atoms with Crippen LogP contribution in [-0.4, -0.2) is 0 Å². The van der Waals surface area contributed by atoms with Gasteiger partial charge in [0.05, 0.1) is 11.5 Å². The molecular formula is C16H17ClFN. The van der Waals surface area contributed by atoms with Crippen LogP contribution in [0.25, 0.3) is 0 Å². The number of hydrogen-bond donors (Lipinski definition) is 0. The molecule has 0 unspecified atom stereocenters. The van der Waals surface area contributed by atoms with E-state index in [1.165, 1.54) is 38.2 Å². The van der Waals surface area contributed by atoms with Crippen LogP contribution < -0.4 is 0 Å². The number of rotatable bonds is 1. The van der Waals surface area contributed by atoms with Crippen molar-refractivity contribution in [2.75, 3.05) is 0 Å². The number of nitriles is 1. The van der Waals surface area contributed by atoms with E-state index in [4.69, 9.17) is 11.6 Å². The number of hydrogen-bond acceptors (Lipinski definition) is 1. The normalized spacial score (nSPS) is 23.6. The largest absolute Gasteiger partial charge is 0.207 e. The predicted octanol–water partition coefficient (Wildman–Crippen LogP) is 4.98. The molecule has 2 aliphatic carbocycles. The van der Waals surface area contributed by atoms with Crippen LogP contribution in [0.2, 0.25) is 5.02 Å². The van der Waals surface area contributed by atoms with E-state index in [-0.39, 0.29) is 11.2 Å². The molecule has 0 saturated heterocycles. The molecule has 2 aliphatic rings. The van der Waals surface area contributed by atoms with Gasteiger partial charge in [0, 0.05) is 10.6 Å². The van der Waals surface area contributed by atoms with E-state index in [0.717, 1.165) is 12.8 Å². The van der Waals surface area contributed by atoms with Crippen LogP contribution in [0, 0.1) is 22.6 Å². The summed E-state index contributed by atoms with van der Waals surface area (Å²) in [7, 11) is 0. The minimum absolute atomic E-state index is 0.277. The monoisotopic (exact) mass is 277 g/mol. The topological polar surface area (TPSA) is 23.8 Å². The van der Waals surface area contributed by atoms with Crippen molar-refractivity contribution in [3.05, 3.63) is 34.6 Å². The van der Waals surface area contributed by atoms with E-state index in [1.54, 1.807) is 12.1 Å². The maximum atomic E-state index is 14.1. The first-order valence-corrected chi connectivity index (χ1v) is 7.34. The van der Waals surface area contributed by atoms with Crippen molar-refractivity contribution in [3.8, 4) is 6.07 Å². The van der Waals surface area contributed by atoms with E-state index < -0.39 is 5.41 Å². The van der Waals surface area contributed by atoms with Crippen LogP contribution in [0.1, 0.15) is 50.5 Å². The van der Waals surface area contributed by atoms with Crippen molar-refractivity contribution in [2.24, 2.45) is 5.41 Å². The Kier molecular flexibility index (Phi) is 3.06. The lowest BCUT2D eigenvalue weighted by molar-refractivity contribution is 0.0153. The molecule has 0 atom stereocenters. The number of halogens is 2. The molecule has 0 N–H and O–H groups in total. The average molecular weight is 278 g/mol. The summed E-state index contributed by atoms with van der Waals surface area (Å²) >= 11 is 6.14. The SMILES string of the molecule is N#CC1(c2c(F)cccc2Cl)CC2(CCCCC2)C1. The fourth-order valence-electron chi connectivity index (χ4n) is 4.15. The highest BCUT2D eigenvalue weighted by Gasteiger charge is 2.57. The zero-order valence-corrected chi connectivity index (χ0v) is 11.6. The molecule has 1 nitrogen and oxygen atoms in total. The lowest BCUT2D eigenvalue weighted by atomic mass is 9.47. The van der Waals surface area contributed by atoms with Crippen molar-refractivity contribution in [3.63, 3.8) is 0 Å². The lowest BCUT2D eigenvalue weighted by Gasteiger charge is -2.55. The second-order valence-corrected chi connectivity index (χ2v) is 6.61. The predicted molar refractivity (Wildman–Crippen MR) is 73.5 cm³/mol. The van der Waals surface area contributed by atoms with Gasteiger partial charge in [0.15, 0.2) is 0 Å². The molecule has 0 heterocycles. The molecule has 0 aromatic heterocycles. The van der Waals surface area contributed by atoms with Gasteiger partial charge in [-0.1, -0.05) is 36.9 Å². The molecule has 0 bridgehead atoms. The number of benzene rings is 1. The van der Waals surface area contributed by atoms with Gasteiger partial charge in [-0.2, -0.15) is 5.26 Å². The fourth-order valence-corrected chi connectivity index (χ4v) is 4.49. The van der Waals surface area contributed by atoms with Gasteiger partial charge in [0.25, 0.3) is 0 Å². The van der Waals surface area contributed by atoms with E-state index in [1.807, 2.05) is 0 Å². The van der Waals surface area contributed by atoms with Crippen LogP contribution in [0.15, 0.2) is 18.2 Å². The summed E-state index contributed by atoms with van der Waals surface area (Å²) in [6.45, 7) is 0. The molecule has 1 aromatic rings. The second kappa shape index (κ2) is 4.49. The highest BCUT2D eigenvalue weighted by molar-refractivity contribution is 6.31. The molecule has 3 heteroatoms. The van der Waals surface area contributed by atoms with Gasteiger partial charge in [-0.05, 0) is 43.2 Å². The summed E-state index contributed by atoms with van der Waals surface area (Å²) in [4.78, 5) is 0. The summed E-state index contributed by atoms with van der Waals surface area (Å²) < 4.78 is 14.1. The minimum atomic E-state index is -0.695. The Balaban J connectivity index is 1.93. The van der Waals surface area contributed by atoms with E-state index in [9.17, 15) is 9.65 Å². The maximum absolute atomic E-state index is 14.1. The zero-order valence-electron chi connectivity index (χ0n) is 10.9. The first-order chi connectivity index (χ1) is 9.11. The third-order valence-corrected chi connectivity index (χ3v) is 5.24. The van der Waals surface area contributed by atoms with Gasteiger partial charge in [0.1, 0.15) is 5.82 Å². The van der Waals surface area contributed by atoms with Crippen LogP contribution in [0.5, 0.6) is 0 Å². The quantitative estimate of drug-likeness (QED) is 0.710. The van der Waals surface area contributed by atoms with Crippen molar-refractivity contribution in [1.29, 1.82) is 5.26 Å². The van der Waals surface area contributed by atoms with Crippen molar-refractivity contribution < 1.29 is 4.39 Å². The van der Waals surface area contributed by atoms with Gasteiger partial charge < -0.3 is 0 Å². The van der Waals surface area contributed by atoms with Crippen LogP contribution in [-0.2, 0) is 5.41 Å². The van der Waals surface area contributed by atoms with Crippen LogP contribution in [0.4, 0.5) is 4.39 Å². The summed E-state index contributed by atoms with van der Waals surface area (Å²) in [6, 6.07) is 7.05. The molecule has 1 aromatic carbocycles. The van der Waals surface area contributed by atoms with Crippen molar-refractivity contribution in [1.82, 2.24) is 0 Å². The minimum Gasteiger partial charge on any atom is -0.207 e. The van der Waals surface area contributed by atoms with Gasteiger partial charge in [-0.3, -0.25) is 0 Å². The Hall–Kier alpha value is -1.07. The standard InChI is InChI=1S/C16H17ClFN/c17-12-5-4-6-13(18)14(12)16(11-19)9-15(10-16)7-2-1-3-8-15/h4-6H,1-3,7-10H2. The molecule has 2 fully saturated rings. The molecule has 0 radical (unpaired) electrons. The fraction of sp³-hybridized carbons (Fsp3) is 0.562. The van der Waals surface area contributed by atoms with Gasteiger partial charge in [-0.25, -0.2) is 4.39 Å². The molecule has 2 saturated carbocycles. The first kappa shape index (κ1) is 12.9. The summed E-state index contributed by atoms with van der Waals surface area (Å²) in [5.74, 6) is -0.334. The molecule has 1 spiro atoms. The third kappa shape index (κ3) is 1.96. The molecule has 0 aliphatic heterocycles. The van der Waals surface area contributed by atoms with Crippen LogP contribution in [0.3, 0.4) is 0 Å². The highest BCUT2D eigenvalue weighted by atomic mass is 35.5. The Morgan fingerprint density at radius 3 is 2.42 bits per heavy atom. The van der Waals surface area contributed by atoms with Crippen LogP contribution >= 0.6 is 11.6 Å². The van der Waals surface area contributed by atoms with Gasteiger partial charge in [-0.15, -0.1) is 0 Å². The molecule has 0 amide bonds. The second-order valence-electron chi connectivity index (χ2n) is 6.20. The van der Waals surface area contributed by atoms with E-state index in [2.05, 4.69) is 6.07 Å². The Bertz CT molecular complexity index is 512. The third-order valence-electron chi connectivity index (χ3n) is 4.92. The molecule has 3 rings (SSSR count). The summed E-state index contributed by atoms with van der Waals surface area (Å²) in [5.41, 5.74) is 0.00896. The van der Waals surface area contributed by atoms with Gasteiger partial charge >= 0.3 is 0 Å². The van der Waals surface area contributed by atoms with Crippen molar-refractivity contribution in [2.45, 2.75) is 50.4 Å². The summed E-state index contributed by atoms with van der Waals surface area (Å²) in [6.07, 6.45) is 7.69. The zero-order chi connectivity index (χ0) is 13.5. The Morgan fingerprint density at radius 2 is 1.84 bits per heavy atom. The average Bonchev–Trinajstić information content (AvgIpc) is 2.37. The Labute approximate surface area is 118 Å². The molecule has 100 valence electrons. The Morgan fingerprint density at radius 1 is 1.16 bits per heavy atom. The van der Waals surface area contributed by atoms with Gasteiger partial charge in [0.2, 0.25) is 0 Å². The molecule has 19 heavy (non-hydrogen) atoms.